The van der Waals surface area contributed by atoms with Gasteiger partial charge in [0.2, 0.25) is 0 Å². The minimum atomic E-state index is -3.26. The zero-order valence-corrected chi connectivity index (χ0v) is 8.63. The van der Waals surface area contributed by atoms with Crippen molar-refractivity contribution < 1.29 is 31.0 Å². The fourth-order valence-electron chi connectivity index (χ4n) is 1.48. The second-order valence-corrected chi connectivity index (χ2v) is 3.17. The Hall–Kier alpha value is 0.0500. The first-order chi connectivity index (χ1) is 8.04. The number of hydrogen-bond donors (Lipinski definition) is 5. The van der Waals surface area contributed by atoms with Crippen molar-refractivity contribution in [1.29, 1.82) is 0 Å². The van der Waals surface area contributed by atoms with Crippen molar-refractivity contribution in [3.05, 3.63) is 0 Å². The second kappa shape index (κ2) is 6.59. The van der Waals surface area contributed by atoms with Gasteiger partial charge in [0.15, 0.2) is 0 Å². The van der Waals surface area contributed by atoms with Crippen LogP contribution in [0.25, 0.3) is 0 Å². The molecule has 4 atom stereocenters. The van der Waals surface area contributed by atoms with E-state index in [4.69, 9.17) is 15.7 Å². The lowest BCUT2D eigenvalue weighted by molar-refractivity contribution is -0.146. The molecule has 0 aliphatic carbocycles. The summed E-state index contributed by atoms with van der Waals surface area (Å²) in [5.74, 6) is 0. The lowest BCUT2D eigenvalue weighted by Gasteiger charge is -2.42. The average Bonchev–Trinajstić information content (AvgIpc) is 2.23. The zero-order chi connectivity index (χ0) is 14.3. The van der Waals surface area contributed by atoms with Crippen LogP contribution in [0.15, 0.2) is 0 Å². The van der Waals surface area contributed by atoms with Gasteiger partial charge in [0, 0.05) is 15.8 Å². The van der Waals surface area contributed by atoms with Gasteiger partial charge in [0.25, 0.3) is 0 Å². The molecule has 0 spiro atoms. The number of likely N-dealkylation sites (tertiary alicyclic amines) is 1. The number of aliphatic hydroxyl groups is 5. The van der Waals surface area contributed by atoms with Crippen LogP contribution in [0.4, 0.5) is 0 Å². The molecule has 15 heavy (non-hydrogen) atoms. The SMILES string of the molecule is Cl.[2H]C([2H])(O)C([2H])([2H])N1C[C@H](O)[C@@H](O)[C@H](O)[C@H]1CO. The fourth-order valence-corrected chi connectivity index (χ4v) is 1.48. The Labute approximate surface area is 99.8 Å². The van der Waals surface area contributed by atoms with Crippen molar-refractivity contribution in [3.8, 4) is 0 Å². The summed E-state index contributed by atoms with van der Waals surface area (Å²) in [6.07, 6.45) is -4.74. The normalized spacial score (nSPS) is 43.3. The summed E-state index contributed by atoms with van der Waals surface area (Å²) < 4.78 is 29.0. The molecule has 0 aromatic carbocycles. The van der Waals surface area contributed by atoms with E-state index >= 15 is 0 Å². The van der Waals surface area contributed by atoms with Crippen LogP contribution < -0.4 is 0 Å². The first-order valence-corrected chi connectivity index (χ1v) is 4.18. The third-order valence-electron chi connectivity index (χ3n) is 2.30. The molecule has 0 bridgehead atoms. The largest absolute Gasteiger partial charge is 0.395 e. The lowest BCUT2D eigenvalue weighted by atomic mass is 9.94. The zero-order valence-electron chi connectivity index (χ0n) is 11.8. The predicted molar refractivity (Wildman–Crippen MR) is 54.8 cm³/mol. The summed E-state index contributed by atoms with van der Waals surface area (Å²) in [5.41, 5.74) is 0. The Kier molecular flexibility index (Phi) is 4.01. The van der Waals surface area contributed by atoms with E-state index in [1.54, 1.807) is 0 Å². The fraction of sp³-hybridized carbons (Fsp3) is 1.00. The van der Waals surface area contributed by atoms with Crippen molar-refractivity contribution in [2.75, 3.05) is 26.2 Å². The Morgan fingerprint density at radius 1 is 1.20 bits per heavy atom. The number of nitrogens with zero attached hydrogens (tertiary/aromatic N) is 1. The minimum absolute atomic E-state index is 0. The molecule has 1 rings (SSSR count). The Balaban J connectivity index is 0.00000324. The number of halogens is 1. The van der Waals surface area contributed by atoms with E-state index in [-0.39, 0.29) is 12.4 Å². The third-order valence-corrected chi connectivity index (χ3v) is 2.30. The van der Waals surface area contributed by atoms with Gasteiger partial charge in [-0.1, -0.05) is 0 Å². The molecular formula is C8H18ClNO5. The highest BCUT2D eigenvalue weighted by atomic mass is 35.5. The van der Waals surface area contributed by atoms with Gasteiger partial charge in [0.05, 0.1) is 28.1 Å². The monoisotopic (exact) mass is 247 g/mol. The molecule has 0 aromatic rings. The van der Waals surface area contributed by atoms with E-state index in [2.05, 4.69) is 0 Å². The molecule has 5 N–H and O–H groups in total. The van der Waals surface area contributed by atoms with Crippen molar-refractivity contribution >= 4 is 12.4 Å². The molecule has 1 aliphatic heterocycles. The molecule has 1 fully saturated rings. The van der Waals surface area contributed by atoms with Crippen molar-refractivity contribution in [2.24, 2.45) is 0 Å². The lowest BCUT2D eigenvalue weighted by Crippen LogP contribution is -2.62. The maximum atomic E-state index is 9.62. The maximum Gasteiger partial charge on any atom is 0.109 e. The van der Waals surface area contributed by atoms with Gasteiger partial charge in [-0.15, -0.1) is 12.4 Å². The molecule has 1 aliphatic rings. The Morgan fingerprint density at radius 2 is 1.80 bits per heavy atom. The van der Waals surface area contributed by atoms with Crippen LogP contribution in [0, 0.1) is 0 Å². The van der Waals surface area contributed by atoms with Crippen LogP contribution in [0.2, 0.25) is 0 Å². The molecule has 0 saturated carbocycles. The average molecular weight is 248 g/mol. The highest BCUT2D eigenvalue weighted by molar-refractivity contribution is 5.85. The Morgan fingerprint density at radius 3 is 2.27 bits per heavy atom. The number of piperidine rings is 1. The molecule has 1 saturated heterocycles. The quantitative estimate of drug-likeness (QED) is 0.368. The molecule has 1 heterocycles. The molecule has 0 aromatic heterocycles. The van der Waals surface area contributed by atoms with E-state index < -0.39 is 50.6 Å². The van der Waals surface area contributed by atoms with Crippen LogP contribution in [-0.4, -0.2) is 81.0 Å². The van der Waals surface area contributed by atoms with Crippen LogP contribution in [0.1, 0.15) is 5.48 Å². The maximum absolute atomic E-state index is 9.62. The summed E-state index contributed by atoms with van der Waals surface area (Å²) in [5, 5.41) is 46.8. The molecule has 0 amide bonds. The van der Waals surface area contributed by atoms with E-state index in [9.17, 15) is 15.3 Å². The molecule has 6 nitrogen and oxygen atoms in total. The van der Waals surface area contributed by atoms with Gasteiger partial charge in [-0.2, -0.15) is 0 Å². The smallest absolute Gasteiger partial charge is 0.109 e. The molecular weight excluding hydrogens is 226 g/mol. The second-order valence-electron chi connectivity index (χ2n) is 3.17. The summed E-state index contributed by atoms with van der Waals surface area (Å²) in [4.78, 5) is 0.606. The topological polar surface area (TPSA) is 104 Å². The van der Waals surface area contributed by atoms with Crippen molar-refractivity contribution in [3.63, 3.8) is 0 Å². The highest BCUT2D eigenvalue weighted by Gasteiger charge is 2.40. The standard InChI is InChI=1S/C8H17NO5.ClH/c10-2-1-9-3-6(12)8(14)7(13)5(9)4-11;/h5-8,10-14H,1-4H2;1H/t5-,6+,7-,8-;/m1./s1/i1D2,2D2;. The van der Waals surface area contributed by atoms with Gasteiger partial charge in [-0.3, -0.25) is 4.90 Å². The molecule has 92 valence electrons. The summed E-state index contributed by atoms with van der Waals surface area (Å²) in [6, 6.07) is -1.33. The number of β-amino-alcohol motifs (C(OH)–C–C–N with tert-alkyl or cyclic N) is 2. The van der Waals surface area contributed by atoms with E-state index in [0.29, 0.717) is 4.90 Å². The van der Waals surface area contributed by atoms with Gasteiger partial charge < -0.3 is 25.5 Å². The van der Waals surface area contributed by atoms with Crippen LogP contribution in [-0.2, 0) is 0 Å². The van der Waals surface area contributed by atoms with Crippen molar-refractivity contribution in [1.82, 2.24) is 4.90 Å². The molecule has 0 unspecified atom stereocenters. The van der Waals surface area contributed by atoms with Gasteiger partial charge in [0.1, 0.15) is 12.2 Å². The third kappa shape index (κ3) is 3.25. The predicted octanol–water partition coefficient (Wildman–Crippen LogP) is -2.84. The van der Waals surface area contributed by atoms with E-state index in [0.717, 1.165) is 0 Å². The van der Waals surface area contributed by atoms with Crippen LogP contribution in [0.5, 0.6) is 0 Å². The number of rotatable bonds is 3. The van der Waals surface area contributed by atoms with E-state index in [1.807, 2.05) is 0 Å². The van der Waals surface area contributed by atoms with E-state index in [1.165, 1.54) is 0 Å². The minimum Gasteiger partial charge on any atom is -0.395 e. The van der Waals surface area contributed by atoms with Gasteiger partial charge in [-0.05, 0) is 0 Å². The van der Waals surface area contributed by atoms with Crippen LogP contribution >= 0.6 is 12.4 Å². The highest BCUT2D eigenvalue weighted by Crippen LogP contribution is 2.18. The molecule has 7 heteroatoms. The van der Waals surface area contributed by atoms with Crippen LogP contribution in [0.3, 0.4) is 0 Å². The first-order valence-electron chi connectivity index (χ1n) is 6.18. The Bertz CT molecular complexity index is 305. The first kappa shape index (κ1) is 9.12. The number of aliphatic hydroxyl groups excluding tert-OH is 4. The molecule has 0 radical (unpaired) electrons. The summed E-state index contributed by atoms with van der Waals surface area (Å²) in [7, 11) is 0. The van der Waals surface area contributed by atoms with Gasteiger partial charge >= 0.3 is 0 Å². The summed E-state index contributed by atoms with van der Waals surface area (Å²) in [6.45, 7) is -7.50. The number of hydrogen-bond acceptors (Lipinski definition) is 6. The summed E-state index contributed by atoms with van der Waals surface area (Å²) >= 11 is 0. The van der Waals surface area contributed by atoms with Gasteiger partial charge in [-0.25, -0.2) is 0 Å². The van der Waals surface area contributed by atoms with Crippen molar-refractivity contribution in [2.45, 2.75) is 24.4 Å².